The molecule has 0 unspecified atom stereocenters. The van der Waals surface area contributed by atoms with Crippen molar-refractivity contribution in [2.24, 2.45) is 0 Å². The van der Waals surface area contributed by atoms with Crippen LogP contribution in [0.15, 0.2) is 48.0 Å². The van der Waals surface area contributed by atoms with Crippen LogP contribution in [0.4, 0.5) is 0 Å². The summed E-state index contributed by atoms with van der Waals surface area (Å²) in [5.74, 6) is -1.87. The Morgan fingerprint density at radius 3 is 2.29 bits per heavy atom. The molecule has 0 bridgehead atoms. The monoisotopic (exact) mass is 397 g/mol. The molecule has 144 valence electrons. The molecule has 28 heavy (non-hydrogen) atoms. The molecule has 1 aliphatic carbocycles. The van der Waals surface area contributed by atoms with Crippen molar-refractivity contribution in [3.8, 4) is 11.1 Å². The number of nitrogens with one attached hydrogen (secondary N) is 1. The van der Waals surface area contributed by atoms with Gasteiger partial charge in [0.2, 0.25) is 0 Å². The molecule has 0 aliphatic heterocycles. The van der Waals surface area contributed by atoms with Gasteiger partial charge < -0.3 is 10.4 Å². The zero-order valence-electron chi connectivity index (χ0n) is 15.8. The molecule has 2 aromatic carbocycles. The Morgan fingerprint density at radius 1 is 1.07 bits per heavy atom. The van der Waals surface area contributed by atoms with Crippen molar-refractivity contribution >= 4 is 34.8 Å². The van der Waals surface area contributed by atoms with Crippen LogP contribution < -0.4 is 5.32 Å². The maximum Gasteiger partial charge on any atom is 0.259 e. The number of halogens is 1. The van der Waals surface area contributed by atoms with Crippen molar-refractivity contribution in [2.75, 3.05) is 6.54 Å². The molecule has 5 nitrogen and oxygen atoms in total. The Morgan fingerprint density at radius 2 is 1.68 bits per heavy atom. The molecule has 1 amide bonds. The Bertz CT molecular complexity index is 1020. The van der Waals surface area contributed by atoms with Gasteiger partial charge in [-0.05, 0) is 55.7 Å². The minimum Gasteiger partial charge on any atom is -0.506 e. The second-order valence-electron chi connectivity index (χ2n) is 7.33. The summed E-state index contributed by atoms with van der Waals surface area (Å²) < 4.78 is 0. The summed E-state index contributed by atoms with van der Waals surface area (Å²) in [6, 6.07) is 12.6. The van der Waals surface area contributed by atoms with Crippen molar-refractivity contribution < 1.29 is 19.5 Å². The molecule has 0 fully saturated rings. The van der Waals surface area contributed by atoms with Crippen LogP contribution in [0.1, 0.15) is 31.9 Å². The van der Waals surface area contributed by atoms with Gasteiger partial charge in [-0.1, -0.05) is 35.9 Å². The van der Waals surface area contributed by atoms with Crippen molar-refractivity contribution in [3.63, 3.8) is 0 Å². The van der Waals surface area contributed by atoms with E-state index in [2.05, 4.69) is 5.32 Å². The first kappa shape index (κ1) is 19.8. The summed E-state index contributed by atoms with van der Waals surface area (Å²) in [4.78, 5) is 36.6. The number of aliphatic hydroxyl groups excluding tert-OH is 1. The fraction of sp³-hybridized carbons (Fsp3) is 0.227. The molecule has 0 aromatic heterocycles. The zero-order chi connectivity index (χ0) is 20.6. The largest absolute Gasteiger partial charge is 0.506 e. The minimum atomic E-state index is -0.997. The first-order valence-corrected chi connectivity index (χ1v) is 9.17. The second kappa shape index (κ2) is 7.24. The molecule has 0 saturated carbocycles. The Labute approximate surface area is 168 Å². The molecule has 1 aliphatic rings. The highest BCUT2D eigenvalue weighted by atomic mass is 35.5. The van der Waals surface area contributed by atoms with E-state index in [-0.39, 0.29) is 23.7 Å². The maximum absolute atomic E-state index is 12.9. The lowest BCUT2D eigenvalue weighted by Crippen LogP contribution is -2.42. The maximum atomic E-state index is 12.9. The minimum absolute atomic E-state index is 0.207. The molecule has 0 spiro atoms. The summed E-state index contributed by atoms with van der Waals surface area (Å²) in [6.45, 7) is 4.54. The zero-order valence-corrected chi connectivity index (χ0v) is 16.6. The molecule has 0 saturated heterocycles. The van der Waals surface area contributed by atoms with Crippen LogP contribution in [-0.2, 0) is 19.8 Å². The van der Waals surface area contributed by atoms with E-state index in [0.717, 1.165) is 11.1 Å². The standard InChI is InChI=1S/C22H20ClNO4/c1-12(25)11-24-21(28)18-19(26)16-10-14(13-4-7-15(23)8-5-13)6-9-17(16)22(2,3)20(18)27/h4-10,26H,11H2,1-3H3,(H,24,28). The van der Waals surface area contributed by atoms with Gasteiger partial charge in [-0.25, -0.2) is 0 Å². The average Bonchev–Trinajstić information content (AvgIpc) is 2.65. The van der Waals surface area contributed by atoms with Crippen molar-refractivity contribution in [1.29, 1.82) is 0 Å². The Hall–Kier alpha value is -2.92. The third-order valence-electron chi connectivity index (χ3n) is 4.88. The molecular weight excluding hydrogens is 378 g/mol. The van der Waals surface area contributed by atoms with Gasteiger partial charge in [0.05, 0.1) is 12.0 Å². The second-order valence-corrected chi connectivity index (χ2v) is 7.77. The lowest BCUT2D eigenvalue weighted by Gasteiger charge is -2.32. The highest BCUT2D eigenvalue weighted by Crippen LogP contribution is 2.41. The first-order chi connectivity index (χ1) is 13.1. The van der Waals surface area contributed by atoms with Gasteiger partial charge in [-0.2, -0.15) is 0 Å². The van der Waals surface area contributed by atoms with Crippen LogP contribution in [-0.4, -0.2) is 29.1 Å². The molecule has 2 aromatic rings. The average molecular weight is 398 g/mol. The highest BCUT2D eigenvalue weighted by molar-refractivity contribution is 6.30. The van der Waals surface area contributed by atoms with E-state index in [1.54, 1.807) is 38.1 Å². The third-order valence-corrected chi connectivity index (χ3v) is 5.13. The molecule has 0 atom stereocenters. The first-order valence-electron chi connectivity index (χ1n) is 8.79. The quantitative estimate of drug-likeness (QED) is 0.768. The van der Waals surface area contributed by atoms with Crippen LogP contribution >= 0.6 is 11.6 Å². The van der Waals surface area contributed by atoms with Gasteiger partial charge in [-0.15, -0.1) is 0 Å². The molecule has 3 rings (SSSR count). The predicted molar refractivity (Wildman–Crippen MR) is 108 cm³/mol. The number of hydrogen-bond donors (Lipinski definition) is 2. The lowest BCUT2D eigenvalue weighted by atomic mass is 9.70. The number of carbonyl (C=O) groups is 3. The summed E-state index contributed by atoms with van der Waals surface area (Å²) in [6.07, 6.45) is 0. The number of hydrogen-bond acceptors (Lipinski definition) is 4. The summed E-state index contributed by atoms with van der Waals surface area (Å²) in [7, 11) is 0. The van der Waals surface area contributed by atoms with Crippen molar-refractivity contribution in [1.82, 2.24) is 5.32 Å². The van der Waals surface area contributed by atoms with E-state index >= 15 is 0 Å². The summed E-state index contributed by atoms with van der Waals surface area (Å²) >= 11 is 5.94. The molecule has 6 heteroatoms. The van der Waals surface area contributed by atoms with E-state index in [0.29, 0.717) is 16.1 Å². The van der Waals surface area contributed by atoms with Crippen molar-refractivity contribution in [3.05, 3.63) is 64.2 Å². The van der Waals surface area contributed by atoms with Crippen LogP contribution in [0, 0.1) is 0 Å². The number of amides is 1. The van der Waals surface area contributed by atoms with Gasteiger partial charge in [0, 0.05) is 10.6 Å². The summed E-state index contributed by atoms with van der Waals surface area (Å²) in [5, 5.41) is 13.8. The third kappa shape index (κ3) is 3.45. The van der Waals surface area contributed by atoms with Gasteiger partial charge in [0.1, 0.15) is 17.1 Å². The Balaban J connectivity index is 2.13. The van der Waals surface area contributed by atoms with E-state index in [1.165, 1.54) is 6.92 Å². The van der Waals surface area contributed by atoms with Crippen LogP contribution in [0.5, 0.6) is 0 Å². The van der Waals surface area contributed by atoms with Crippen LogP contribution in [0.2, 0.25) is 5.02 Å². The van der Waals surface area contributed by atoms with Gasteiger partial charge in [0.15, 0.2) is 5.78 Å². The predicted octanol–water partition coefficient (Wildman–Crippen LogP) is 3.84. The number of fused-ring (bicyclic) bond motifs is 1. The molecular formula is C22H20ClNO4. The highest BCUT2D eigenvalue weighted by Gasteiger charge is 2.43. The van der Waals surface area contributed by atoms with E-state index in [4.69, 9.17) is 11.6 Å². The fourth-order valence-electron chi connectivity index (χ4n) is 3.29. The number of carbonyl (C=O) groups excluding carboxylic acids is 3. The number of rotatable bonds is 4. The van der Waals surface area contributed by atoms with Gasteiger partial charge >= 0.3 is 0 Å². The fourth-order valence-corrected chi connectivity index (χ4v) is 3.41. The summed E-state index contributed by atoms with van der Waals surface area (Å²) in [5.41, 5.74) is 1.43. The smallest absolute Gasteiger partial charge is 0.259 e. The number of aliphatic hydroxyl groups is 1. The SMILES string of the molecule is CC(=O)CNC(=O)C1=C(O)c2cc(-c3ccc(Cl)cc3)ccc2C(C)(C)C1=O. The Kier molecular flexibility index (Phi) is 5.13. The van der Waals surface area contributed by atoms with Gasteiger partial charge in [0.25, 0.3) is 5.91 Å². The van der Waals surface area contributed by atoms with Crippen molar-refractivity contribution in [2.45, 2.75) is 26.2 Å². The normalized spacial score (nSPS) is 15.2. The van der Waals surface area contributed by atoms with E-state index < -0.39 is 17.1 Å². The molecule has 2 N–H and O–H groups in total. The van der Waals surface area contributed by atoms with Crippen LogP contribution in [0.25, 0.3) is 16.9 Å². The van der Waals surface area contributed by atoms with E-state index in [9.17, 15) is 19.5 Å². The van der Waals surface area contributed by atoms with Gasteiger partial charge in [-0.3, -0.25) is 14.4 Å². The van der Waals surface area contributed by atoms with E-state index in [1.807, 2.05) is 18.2 Å². The topological polar surface area (TPSA) is 83.5 Å². The number of Topliss-reactive ketones (excluding diaryl/α,β-unsaturated/α-hetero) is 2. The lowest BCUT2D eigenvalue weighted by molar-refractivity contribution is -0.126. The number of ketones is 2. The molecule has 0 heterocycles. The molecule has 0 radical (unpaired) electrons. The van der Waals surface area contributed by atoms with Crippen LogP contribution in [0.3, 0.4) is 0 Å². The number of benzene rings is 2.